The van der Waals surface area contributed by atoms with Crippen LogP contribution in [0.1, 0.15) is 37.9 Å². The van der Waals surface area contributed by atoms with Crippen LogP contribution in [0.25, 0.3) is 0 Å². The molecule has 1 aliphatic rings. The van der Waals surface area contributed by atoms with E-state index < -0.39 is 0 Å². The number of hydrogen-bond donors (Lipinski definition) is 2. The van der Waals surface area contributed by atoms with Gasteiger partial charge in [-0.3, -0.25) is 0 Å². The first-order valence-corrected chi connectivity index (χ1v) is 6.25. The second kappa shape index (κ2) is 5.70. The number of nitrogens with zero attached hydrogens (tertiary/aromatic N) is 2. The molecule has 1 aromatic rings. The van der Waals surface area contributed by atoms with Crippen molar-refractivity contribution in [3.05, 3.63) is 18.2 Å². The SMILES string of the molecule is CN(Cc1ncc[nH]1)C(=O)NC1CCCCC1. The number of imidazole rings is 1. The van der Waals surface area contributed by atoms with Gasteiger partial charge < -0.3 is 15.2 Å². The molecule has 0 bridgehead atoms. The summed E-state index contributed by atoms with van der Waals surface area (Å²) in [5.74, 6) is 0.811. The predicted octanol–water partition coefficient (Wildman–Crippen LogP) is 1.88. The summed E-state index contributed by atoms with van der Waals surface area (Å²) in [6.45, 7) is 0.519. The fourth-order valence-electron chi connectivity index (χ4n) is 2.21. The van der Waals surface area contributed by atoms with Gasteiger partial charge in [0.1, 0.15) is 5.82 Å². The third kappa shape index (κ3) is 3.47. The Morgan fingerprint density at radius 1 is 1.53 bits per heavy atom. The quantitative estimate of drug-likeness (QED) is 0.841. The molecule has 0 aliphatic heterocycles. The van der Waals surface area contributed by atoms with Crippen LogP contribution >= 0.6 is 0 Å². The van der Waals surface area contributed by atoms with Crippen LogP contribution in [0.5, 0.6) is 0 Å². The Balaban J connectivity index is 1.78. The Bertz CT molecular complexity index is 343. The molecule has 2 amide bonds. The first kappa shape index (κ1) is 12.0. The van der Waals surface area contributed by atoms with Gasteiger partial charge in [0, 0.05) is 25.5 Å². The maximum Gasteiger partial charge on any atom is 0.317 e. The first-order chi connectivity index (χ1) is 8.25. The number of urea groups is 1. The monoisotopic (exact) mass is 236 g/mol. The summed E-state index contributed by atoms with van der Waals surface area (Å²) in [7, 11) is 1.79. The third-order valence-corrected chi connectivity index (χ3v) is 3.22. The summed E-state index contributed by atoms with van der Waals surface area (Å²) in [6.07, 6.45) is 9.44. The molecule has 5 heteroatoms. The number of carbonyl (C=O) groups is 1. The van der Waals surface area contributed by atoms with Gasteiger partial charge in [-0.2, -0.15) is 0 Å². The minimum absolute atomic E-state index is 0.00620. The third-order valence-electron chi connectivity index (χ3n) is 3.22. The van der Waals surface area contributed by atoms with Crippen molar-refractivity contribution in [1.29, 1.82) is 0 Å². The van der Waals surface area contributed by atoms with Crippen molar-refractivity contribution >= 4 is 6.03 Å². The van der Waals surface area contributed by atoms with Crippen molar-refractivity contribution in [3.8, 4) is 0 Å². The van der Waals surface area contributed by atoms with Gasteiger partial charge in [-0.15, -0.1) is 0 Å². The number of amides is 2. The second-order valence-electron chi connectivity index (χ2n) is 4.68. The van der Waals surface area contributed by atoms with Gasteiger partial charge >= 0.3 is 6.03 Å². The molecule has 17 heavy (non-hydrogen) atoms. The highest BCUT2D eigenvalue weighted by Gasteiger charge is 2.18. The normalized spacial score (nSPS) is 16.8. The van der Waals surface area contributed by atoms with Gasteiger partial charge in [0.25, 0.3) is 0 Å². The Labute approximate surface area is 102 Å². The van der Waals surface area contributed by atoms with Gasteiger partial charge in [-0.1, -0.05) is 19.3 Å². The molecular formula is C12H20N4O. The van der Waals surface area contributed by atoms with Crippen LogP contribution in [0.3, 0.4) is 0 Å². The lowest BCUT2D eigenvalue weighted by Crippen LogP contribution is -2.43. The molecule has 2 N–H and O–H groups in total. The van der Waals surface area contributed by atoms with E-state index in [0.717, 1.165) is 18.7 Å². The molecule has 0 aromatic carbocycles. The Morgan fingerprint density at radius 2 is 2.29 bits per heavy atom. The van der Waals surface area contributed by atoms with E-state index in [-0.39, 0.29) is 6.03 Å². The summed E-state index contributed by atoms with van der Waals surface area (Å²) in [5, 5.41) is 3.08. The molecule has 0 atom stereocenters. The number of hydrogen-bond acceptors (Lipinski definition) is 2. The minimum Gasteiger partial charge on any atom is -0.347 e. The molecule has 1 heterocycles. The number of carbonyl (C=O) groups excluding carboxylic acids is 1. The number of H-pyrrole nitrogens is 1. The highest BCUT2D eigenvalue weighted by Crippen LogP contribution is 2.17. The van der Waals surface area contributed by atoms with E-state index in [9.17, 15) is 4.79 Å². The van der Waals surface area contributed by atoms with E-state index in [1.54, 1.807) is 24.3 Å². The molecule has 0 radical (unpaired) electrons. The molecule has 1 fully saturated rings. The lowest BCUT2D eigenvalue weighted by Gasteiger charge is -2.25. The molecule has 1 saturated carbocycles. The average molecular weight is 236 g/mol. The maximum atomic E-state index is 11.9. The van der Waals surface area contributed by atoms with E-state index in [0.29, 0.717) is 12.6 Å². The van der Waals surface area contributed by atoms with Gasteiger partial charge in [0.05, 0.1) is 6.54 Å². The molecule has 1 aliphatic carbocycles. The van der Waals surface area contributed by atoms with E-state index in [2.05, 4.69) is 15.3 Å². The number of nitrogens with one attached hydrogen (secondary N) is 2. The number of aromatic nitrogens is 2. The summed E-state index contributed by atoms with van der Waals surface area (Å²) >= 11 is 0. The molecule has 0 saturated heterocycles. The smallest absolute Gasteiger partial charge is 0.317 e. The lowest BCUT2D eigenvalue weighted by atomic mass is 9.96. The van der Waals surface area contributed by atoms with Crippen LogP contribution in [0.2, 0.25) is 0 Å². The van der Waals surface area contributed by atoms with Crippen LogP contribution in [0.4, 0.5) is 4.79 Å². The topological polar surface area (TPSA) is 61.0 Å². The van der Waals surface area contributed by atoms with Gasteiger partial charge in [0.15, 0.2) is 0 Å². The maximum absolute atomic E-state index is 11.9. The fourth-order valence-corrected chi connectivity index (χ4v) is 2.21. The predicted molar refractivity (Wildman–Crippen MR) is 65.5 cm³/mol. The van der Waals surface area contributed by atoms with Crippen molar-refractivity contribution < 1.29 is 4.79 Å². The van der Waals surface area contributed by atoms with E-state index in [1.807, 2.05) is 0 Å². The summed E-state index contributed by atoms with van der Waals surface area (Å²) in [5.41, 5.74) is 0. The van der Waals surface area contributed by atoms with Crippen molar-refractivity contribution in [2.75, 3.05) is 7.05 Å². The number of aromatic amines is 1. The average Bonchev–Trinajstić information content (AvgIpc) is 2.83. The lowest BCUT2D eigenvalue weighted by molar-refractivity contribution is 0.197. The summed E-state index contributed by atoms with van der Waals surface area (Å²) in [4.78, 5) is 20.7. The van der Waals surface area contributed by atoms with E-state index >= 15 is 0 Å². The zero-order valence-electron chi connectivity index (χ0n) is 10.3. The molecule has 94 valence electrons. The summed E-state index contributed by atoms with van der Waals surface area (Å²) in [6, 6.07) is 0.351. The zero-order chi connectivity index (χ0) is 12.1. The standard InChI is InChI=1S/C12H20N4O/c1-16(9-11-13-7-8-14-11)12(17)15-10-5-3-2-4-6-10/h7-8,10H,2-6,9H2,1H3,(H,13,14)(H,15,17). The first-order valence-electron chi connectivity index (χ1n) is 6.25. The highest BCUT2D eigenvalue weighted by molar-refractivity contribution is 5.74. The zero-order valence-corrected chi connectivity index (χ0v) is 10.3. The minimum atomic E-state index is -0.00620. The molecule has 0 unspecified atom stereocenters. The van der Waals surface area contributed by atoms with Crippen molar-refractivity contribution in [3.63, 3.8) is 0 Å². The van der Waals surface area contributed by atoms with Crippen LogP contribution < -0.4 is 5.32 Å². The van der Waals surface area contributed by atoms with Crippen molar-refractivity contribution in [2.24, 2.45) is 0 Å². The Kier molecular flexibility index (Phi) is 4.01. The molecule has 2 rings (SSSR count). The largest absolute Gasteiger partial charge is 0.347 e. The Morgan fingerprint density at radius 3 is 2.94 bits per heavy atom. The van der Waals surface area contributed by atoms with Crippen molar-refractivity contribution in [1.82, 2.24) is 20.2 Å². The van der Waals surface area contributed by atoms with Gasteiger partial charge in [-0.25, -0.2) is 9.78 Å². The Hall–Kier alpha value is -1.52. The molecular weight excluding hydrogens is 216 g/mol. The molecule has 5 nitrogen and oxygen atoms in total. The molecule has 1 aromatic heterocycles. The molecule has 0 spiro atoms. The van der Waals surface area contributed by atoms with Crippen LogP contribution in [0.15, 0.2) is 12.4 Å². The van der Waals surface area contributed by atoms with Crippen LogP contribution in [-0.2, 0) is 6.54 Å². The van der Waals surface area contributed by atoms with E-state index in [1.165, 1.54) is 19.3 Å². The highest BCUT2D eigenvalue weighted by atomic mass is 16.2. The van der Waals surface area contributed by atoms with E-state index in [4.69, 9.17) is 0 Å². The van der Waals surface area contributed by atoms with Crippen LogP contribution in [0, 0.1) is 0 Å². The van der Waals surface area contributed by atoms with Gasteiger partial charge in [0.2, 0.25) is 0 Å². The fraction of sp³-hybridized carbons (Fsp3) is 0.667. The van der Waals surface area contributed by atoms with Crippen molar-refractivity contribution in [2.45, 2.75) is 44.7 Å². The number of rotatable bonds is 3. The summed E-state index contributed by atoms with van der Waals surface area (Å²) < 4.78 is 0. The van der Waals surface area contributed by atoms with Gasteiger partial charge in [-0.05, 0) is 12.8 Å². The second-order valence-corrected chi connectivity index (χ2v) is 4.68. The van der Waals surface area contributed by atoms with Crippen LogP contribution in [-0.4, -0.2) is 34.0 Å².